The predicted molar refractivity (Wildman–Crippen MR) is 60.2 cm³/mol. The number of hydrogen-bond donors (Lipinski definition) is 2. The SMILES string of the molecule is CCC1(C(=O)O)CCN(C(=O)NC(C)C)C1. The summed E-state index contributed by atoms with van der Waals surface area (Å²) in [7, 11) is 0. The average molecular weight is 228 g/mol. The second kappa shape index (κ2) is 4.72. The molecule has 0 aromatic rings. The molecule has 0 aliphatic carbocycles. The molecule has 0 aromatic carbocycles. The Kier molecular flexibility index (Phi) is 3.78. The second-order valence-corrected chi connectivity index (χ2v) is 4.71. The minimum atomic E-state index is -0.796. The van der Waals surface area contributed by atoms with Crippen LogP contribution in [0, 0.1) is 5.41 Å². The highest BCUT2D eigenvalue weighted by atomic mass is 16.4. The number of carbonyl (C=O) groups is 2. The number of likely N-dealkylation sites (tertiary alicyclic amines) is 1. The topological polar surface area (TPSA) is 69.6 Å². The number of carboxylic acid groups (broad SMARTS) is 1. The number of nitrogens with zero attached hydrogens (tertiary/aromatic N) is 1. The molecule has 0 saturated carbocycles. The van der Waals surface area contributed by atoms with E-state index in [2.05, 4.69) is 5.32 Å². The zero-order valence-electron chi connectivity index (χ0n) is 10.1. The lowest BCUT2D eigenvalue weighted by molar-refractivity contribution is -0.148. The number of rotatable bonds is 3. The van der Waals surface area contributed by atoms with Gasteiger partial charge in [-0.3, -0.25) is 4.79 Å². The van der Waals surface area contributed by atoms with Crippen molar-refractivity contribution < 1.29 is 14.7 Å². The van der Waals surface area contributed by atoms with Crippen LogP contribution in [0.3, 0.4) is 0 Å². The summed E-state index contributed by atoms with van der Waals surface area (Å²) in [5.41, 5.74) is -0.742. The van der Waals surface area contributed by atoms with E-state index in [1.165, 1.54) is 0 Å². The smallest absolute Gasteiger partial charge is 0.317 e. The molecule has 16 heavy (non-hydrogen) atoms. The van der Waals surface area contributed by atoms with Crippen molar-refractivity contribution in [1.82, 2.24) is 10.2 Å². The maximum Gasteiger partial charge on any atom is 0.317 e. The number of carboxylic acids is 1. The zero-order valence-corrected chi connectivity index (χ0v) is 10.1. The molecule has 5 heteroatoms. The molecule has 5 nitrogen and oxygen atoms in total. The van der Waals surface area contributed by atoms with Crippen molar-refractivity contribution in [2.24, 2.45) is 5.41 Å². The van der Waals surface area contributed by atoms with Crippen molar-refractivity contribution in [3.8, 4) is 0 Å². The van der Waals surface area contributed by atoms with Gasteiger partial charge in [-0.15, -0.1) is 0 Å². The van der Waals surface area contributed by atoms with E-state index in [0.717, 1.165) is 0 Å². The highest BCUT2D eigenvalue weighted by molar-refractivity contribution is 5.79. The van der Waals surface area contributed by atoms with E-state index < -0.39 is 11.4 Å². The number of hydrogen-bond acceptors (Lipinski definition) is 2. The molecule has 1 rings (SSSR count). The normalized spacial score (nSPS) is 24.9. The summed E-state index contributed by atoms with van der Waals surface area (Å²) >= 11 is 0. The highest BCUT2D eigenvalue weighted by Crippen LogP contribution is 2.34. The number of carbonyl (C=O) groups excluding carboxylic acids is 1. The molecule has 1 atom stereocenters. The van der Waals surface area contributed by atoms with Crippen LogP contribution in [0.4, 0.5) is 4.79 Å². The van der Waals surface area contributed by atoms with Crippen LogP contribution < -0.4 is 5.32 Å². The summed E-state index contributed by atoms with van der Waals surface area (Å²) in [6, 6.07) is -0.0828. The molecule has 0 bridgehead atoms. The third-order valence-electron chi connectivity index (χ3n) is 3.18. The van der Waals surface area contributed by atoms with Gasteiger partial charge in [0.15, 0.2) is 0 Å². The van der Waals surface area contributed by atoms with E-state index in [9.17, 15) is 14.7 Å². The van der Waals surface area contributed by atoms with Gasteiger partial charge < -0.3 is 15.3 Å². The molecule has 1 aliphatic heterocycles. The molecular weight excluding hydrogens is 208 g/mol. The largest absolute Gasteiger partial charge is 0.481 e. The zero-order chi connectivity index (χ0) is 12.3. The summed E-state index contributed by atoms with van der Waals surface area (Å²) in [4.78, 5) is 24.5. The molecule has 0 radical (unpaired) electrons. The van der Waals surface area contributed by atoms with Crippen LogP contribution in [-0.2, 0) is 4.79 Å². The van der Waals surface area contributed by atoms with E-state index in [-0.39, 0.29) is 12.1 Å². The van der Waals surface area contributed by atoms with E-state index >= 15 is 0 Å². The maximum atomic E-state index is 11.7. The maximum absolute atomic E-state index is 11.7. The first kappa shape index (κ1) is 12.8. The first-order valence-electron chi connectivity index (χ1n) is 5.70. The summed E-state index contributed by atoms with van der Waals surface area (Å²) < 4.78 is 0. The van der Waals surface area contributed by atoms with Gasteiger partial charge in [-0.1, -0.05) is 6.92 Å². The lowest BCUT2D eigenvalue weighted by Crippen LogP contribution is -2.43. The van der Waals surface area contributed by atoms with Crippen LogP contribution in [0.1, 0.15) is 33.6 Å². The third kappa shape index (κ3) is 2.46. The predicted octanol–water partition coefficient (Wildman–Crippen LogP) is 1.29. The minimum Gasteiger partial charge on any atom is -0.481 e. The second-order valence-electron chi connectivity index (χ2n) is 4.71. The van der Waals surface area contributed by atoms with Crippen LogP contribution in [0.5, 0.6) is 0 Å². The van der Waals surface area contributed by atoms with Gasteiger partial charge in [0, 0.05) is 19.1 Å². The van der Waals surface area contributed by atoms with E-state index in [1.807, 2.05) is 20.8 Å². The number of amides is 2. The van der Waals surface area contributed by atoms with Crippen molar-refractivity contribution >= 4 is 12.0 Å². The van der Waals surface area contributed by atoms with Gasteiger partial charge in [0.25, 0.3) is 0 Å². The fourth-order valence-electron chi connectivity index (χ4n) is 2.00. The van der Waals surface area contributed by atoms with Crippen molar-refractivity contribution in [3.05, 3.63) is 0 Å². The van der Waals surface area contributed by atoms with Crippen LogP contribution in [0.25, 0.3) is 0 Å². The minimum absolute atomic E-state index is 0.0777. The van der Waals surface area contributed by atoms with Crippen molar-refractivity contribution in [3.63, 3.8) is 0 Å². The quantitative estimate of drug-likeness (QED) is 0.764. The molecular formula is C11H20N2O3. The number of nitrogens with one attached hydrogen (secondary N) is 1. The van der Waals surface area contributed by atoms with Crippen molar-refractivity contribution in [2.45, 2.75) is 39.7 Å². The molecule has 2 amide bonds. The van der Waals surface area contributed by atoms with Gasteiger partial charge in [-0.05, 0) is 26.7 Å². The van der Waals surface area contributed by atoms with E-state index in [0.29, 0.717) is 25.9 Å². The lowest BCUT2D eigenvalue weighted by Gasteiger charge is -2.23. The summed E-state index contributed by atoms with van der Waals surface area (Å²) in [6.07, 6.45) is 1.11. The molecule has 0 aromatic heterocycles. The average Bonchev–Trinajstić information content (AvgIpc) is 2.61. The van der Waals surface area contributed by atoms with Crippen molar-refractivity contribution in [1.29, 1.82) is 0 Å². The highest BCUT2D eigenvalue weighted by Gasteiger charge is 2.44. The molecule has 1 heterocycles. The first-order valence-corrected chi connectivity index (χ1v) is 5.70. The monoisotopic (exact) mass is 228 g/mol. The third-order valence-corrected chi connectivity index (χ3v) is 3.18. The Morgan fingerprint density at radius 2 is 2.12 bits per heavy atom. The molecule has 1 unspecified atom stereocenters. The summed E-state index contributed by atoms with van der Waals surface area (Å²) in [5.74, 6) is -0.796. The van der Waals surface area contributed by atoms with Gasteiger partial charge in [0.1, 0.15) is 0 Å². The van der Waals surface area contributed by atoms with Gasteiger partial charge in [-0.2, -0.15) is 0 Å². The van der Waals surface area contributed by atoms with Crippen LogP contribution in [-0.4, -0.2) is 41.1 Å². The van der Waals surface area contributed by atoms with Crippen molar-refractivity contribution in [2.75, 3.05) is 13.1 Å². The van der Waals surface area contributed by atoms with Crippen LogP contribution in [0.15, 0.2) is 0 Å². The Morgan fingerprint density at radius 1 is 1.50 bits per heavy atom. The van der Waals surface area contributed by atoms with Gasteiger partial charge >= 0.3 is 12.0 Å². The summed E-state index contributed by atoms with van der Waals surface area (Å²) in [5, 5.41) is 12.0. The Balaban J connectivity index is 2.64. The van der Waals surface area contributed by atoms with Gasteiger partial charge in [0.2, 0.25) is 0 Å². The van der Waals surface area contributed by atoms with E-state index in [4.69, 9.17) is 0 Å². The fourth-order valence-corrected chi connectivity index (χ4v) is 2.00. The van der Waals surface area contributed by atoms with E-state index in [1.54, 1.807) is 4.90 Å². The molecule has 0 spiro atoms. The Morgan fingerprint density at radius 3 is 2.50 bits per heavy atom. The van der Waals surface area contributed by atoms with Crippen LogP contribution in [0.2, 0.25) is 0 Å². The Hall–Kier alpha value is -1.26. The van der Waals surface area contributed by atoms with Gasteiger partial charge in [0.05, 0.1) is 5.41 Å². The number of aliphatic carboxylic acids is 1. The van der Waals surface area contributed by atoms with Crippen LogP contribution >= 0.6 is 0 Å². The molecule has 2 N–H and O–H groups in total. The fraction of sp³-hybridized carbons (Fsp3) is 0.818. The summed E-state index contributed by atoms with van der Waals surface area (Å²) in [6.45, 7) is 6.48. The number of urea groups is 1. The Labute approximate surface area is 95.8 Å². The molecule has 92 valence electrons. The van der Waals surface area contributed by atoms with Gasteiger partial charge in [-0.25, -0.2) is 4.79 Å². The molecule has 1 aliphatic rings. The lowest BCUT2D eigenvalue weighted by atomic mass is 9.84. The molecule has 1 fully saturated rings. The molecule has 1 saturated heterocycles. The standard InChI is InChI=1S/C11H20N2O3/c1-4-11(9(14)15)5-6-13(7-11)10(16)12-8(2)3/h8H,4-7H2,1-3H3,(H,12,16)(H,14,15). The Bertz CT molecular complexity index is 291. The first-order chi connectivity index (χ1) is 7.41.